The lowest BCUT2D eigenvalue weighted by Crippen LogP contribution is -2.47. The predicted molar refractivity (Wildman–Crippen MR) is 162 cm³/mol. The summed E-state index contributed by atoms with van der Waals surface area (Å²) in [5.74, 6) is -0.512. The van der Waals surface area contributed by atoms with Crippen molar-refractivity contribution in [3.05, 3.63) is 54.2 Å². The maximum absolute atomic E-state index is 16.5. The molecule has 0 radical (unpaired) electrons. The number of halogens is 2. The number of benzene rings is 2. The maximum atomic E-state index is 16.5. The average molecular weight is 573 g/mol. The van der Waals surface area contributed by atoms with Gasteiger partial charge in [-0.25, -0.2) is 8.78 Å². The Hall–Kier alpha value is -3.43. The summed E-state index contributed by atoms with van der Waals surface area (Å²) >= 11 is 0. The van der Waals surface area contributed by atoms with Gasteiger partial charge in [0.25, 0.3) is 0 Å². The van der Waals surface area contributed by atoms with Crippen LogP contribution >= 0.6 is 0 Å². The molecule has 4 heterocycles. The molecule has 2 aromatic heterocycles. The van der Waals surface area contributed by atoms with Crippen LogP contribution in [-0.2, 0) is 0 Å². The molecule has 0 atom stereocenters. The van der Waals surface area contributed by atoms with Crippen LogP contribution < -0.4 is 10.1 Å². The second-order valence-corrected chi connectivity index (χ2v) is 12.6. The molecule has 4 aromatic rings. The van der Waals surface area contributed by atoms with E-state index in [4.69, 9.17) is 9.72 Å². The van der Waals surface area contributed by atoms with E-state index in [1.54, 1.807) is 24.4 Å². The first-order chi connectivity index (χ1) is 20.4. The van der Waals surface area contributed by atoms with Gasteiger partial charge in [-0.1, -0.05) is 43.2 Å². The minimum absolute atomic E-state index is 0.00214. The van der Waals surface area contributed by atoms with Crippen LogP contribution in [0.25, 0.3) is 32.9 Å². The van der Waals surface area contributed by atoms with Crippen molar-refractivity contribution in [3.8, 4) is 17.3 Å². The molecular formula is C33H38F2N6O. The van der Waals surface area contributed by atoms with Crippen molar-refractivity contribution in [2.75, 3.05) is 45.7 Å². The number of hydrogen-bond donors (Lipinski definition) is 1. The lowest BCUT2D eigenvalue weighted by atomic mass is 9.95. The summed E-state index contributed by atoms with van der Waals surface area (Å²) in [5.41, 5.74) is 0.582. The summed E-state index contributed by atoms with van der Waals surface area (Å²) in [6.45, 7) is 3.33. The number of nitrogens with one attached hydrogen (secondary N) is 1. The van der Waals surface area contributed by atoms with Gasteiger partial charge in [0.05, 0.1) is 10.9 Å². The van der Waals surface area contributed by atoms with Gasteiger partial charge in [-0.15, -0.1) is 0 Å². The van der Waals surface area contributed by atoms with Crippen molar-refractivity contribution in [2.24, 2.45) is 0 Å². The smallest absolute Gasteiger partial charge is 0.319 e. The first-order valence-corrected chi connectivity index (χ1v) is 15.2. The summed E-state index contributed by atoms with van der Waals surface area (Å²) in [4.78, 5) is 18.7. The largest absolute Gasteiger partial charge is 0.461 e. The Balaban J connectivity index is 1.31. The molecule has 3 aliphatic rings. The van der Waals surface area contributed by atoms with E-state index in [2.05, 4.69) is 39.2 Å². The number of hydrogen-bond acceptors (Lipinski definition) is 7. The number of ether oxygens (including phenoxy) is 1. The van der Waals surface area contributed by atoms with Gasteiger partial charge in [-0.2, -0.15) is 9.97 Å². The van der Waals surface area contributed by atoms with Crippen molar-refractivity contribution in [2.45, 2.75) is 62.4 Å². The Labute approximate surface area is 245 Å². The molecule has 0 bridgehead atoms. The van der Waals surface area contributed by atoms with Crippen molar-refractivity contribution < 1.29 is 13.5 Å². The molecular weight excluding hydrogens is 534 g/mol. The third kappa shape index (κ3) is 4.57. The van der Waals surface area contributed by atoms with E-state index in [-0.39, 0.29) is 28.3 Å². The minimum atomic E-state index is -0.608. The molecule has 2 aliphatic heterocycles. The Morgan fingerprint density at radius 3 is 2.43 bits per heavy atom. The molecule has 3 fully saturated rings. The van der Waals surface area contributed by atoms with Gasteiger partial charge in [0.15, 0.2) is 5.82 Å². The molecule has 9 heteroatoms. The van der Waals surface area contributed by atoms with Crippen LogP contribution in [0.3, 0.4) is 0 Å². The summed E-state index contributed by atoms with van der Waals surface area (Å²) in [6, 6.07) is 10.3. The number of likely N-dealkylation sites (N-methyl/N-ethyl adjacent to an activating group) is 1. The van der Waals surface area contributed by atoms with E-state index < -0.39 is 11.6 Å². The number of anilines is 1. The molecule has 220 valence electrons. The topological polar surface area (TPSA) is 66.4 Å². The Morgan fingerprint density at radius 1 is 0.952 bits per heavy atom. The Morgan fingerprint density at radius 2 is 1.69 bits per heavy atom. The summed E-state index contributed by atoms with van der Waals surface area (Å²) in [7, 11) is 4.23. The van der Waals surface area contributed by atoms with Crippen LogP contribution in [-0.4, -0.2) is 76.2 Å². The second kappa shape index (κ2) is 10.7. The standard InChI is InChI=1S/C33H38F2N6O/c1-40(2)32(13-3-4-14-32)20-37-30-24-19-36-28(23-11-5-9-22-10-6-12-25(34)26(22)23)27(35)29(24)38-31(39-30)42-21-33-15-7-17-41(33)18-8-16-33/h5-6,9-12,19H,3-4,7-8,13-18,20-21H2,1-2H3,(H,37,38,39). The van der Waals surface area contributed by atoms with E-state index in [0.717, 1.165) is 51.6 Å². The first kappa shape index (κ1) is 27.4. The highest BCUT2D eigenvalue weighted by Crippen LogP contribution is 2.40. The molecule has 2 aromatic carbocycles. The van der Waals surface area contributed by atoms with Crippen molar-refractivity contribution in [3.63, 3.8) is 0 Å². The minimum Gasteiger partial charge on any atom is -0.461 e. The normalized spacial score (nSPS) is 19.6. The average Bonchev–Trinajstić information content (AvgIpc) is 3.72. The zero-order valence-electron chi connectivity index (χ0n) is 24.4. The third-order valence-electron chi connectivity index (χ3n) is 10.1. The van der Waals surface area contributed by atoms with Crippen LogP contribution in [0.2, 0.25) is 0 Å². The molecule has 2 saturated heterocycles. The quantitative estimate of drug-likeness (QED) is 0.262. The fraction of sp³-hybridized carbons (Fsp3) is 0.485. The first-order valence-electron chi connectivity index (χ1n) is 15.2. The maximum Gasteiger partial charge on any atom is 0.319 e. The summed E-state index contributed by atoms with van der Waals surface area (Å²) in [5, 5.41) is 5.05. The molecule has 0 unspecified atom stereocenters. The van der Waals surface area contributed by atoms with Gasteiger partial charge < -0.3 is 15.0 Å². The fourth-order valence-electron chi connectivity index (χ4n) is 7.64. The molecule has 7 rings (SSSR count). The lowest BCUT2D eigenvalue weighted by molar-refractivity contribution is 0.108. The Kier molecular flexibility index (Phi) is 6.97. The van der Waals surface area contributed by atoms with Gasteiger partial charge in [-0.05, 0) is 77.2 Å². The van der Waals surface area contributed by atoms with E-state index >= 15 is 4.39 Å². The van der Waals surface area contributed by atoms with Crippen LogP contribution in [0.4, 0.5) is 14.6 Å². The van der Waals surface area contributed by atoms with Crippen molar-refractivity contribution >= 4 is 27.5 Å². The zero-order valence-corrected chi connectivity index (χ0v) is 24.4. The van der Waals surface area contributed by atoms with Gasteiger partial charge in [0, 0.05) is 29.2 Å². The Bertz CT molecular complexity index is 1620. The van der Waals surface area contributed by atoms with Gasteiger partial charge >= 0.3 is 6.01 Å². The number of aromatic nitrogens is 3. The molecule has 1 aliphatic carbocycles. The monoisotopic (exact) mass is 572 g/mol. The van der Waals surface area contributed by atoms with Crippen LogP contribution in [0, 0.1) is 11.6 Å². The van der Waals surface area contributed by atoms with Crippen molar-refractivity contribution in [1.29, 1.82) is 0 Å². The summed E-state index contributed by atoms with van der Waals surface area (Å²) in [6.07, 6.45) is 10.6. The van der Waals surface area contributed by atoms with Crippen LogP contribution in [0.5, 0.6) is 6.01 Å². The highest BCUT2D eigenvalue weighted by atomic mass is 19.1. The zero-order chi connectivity index (χ0) is 28.9. The molecule has 1 N–H and O–H groups in total. The fourth-order valence-corrected chi connectivity index (χ4v) is 7.64. The summed E-state index contributed by atoms with van der Waals surface area (Å²) < 4.78 is 37.8. The van der Waals surface area contributed by atoms with Crippen LogP contribution in [0.15, 0.2) is 42.6 Å². The highest BCUT2D eigenvalue weighted by Gasteiger charge is 2.45. The number of nitrogens with zero attached hydrogens (tertiary/aromatic N) is 5. The van der Waals surface area contributed by atoms with E-state index in [0.29, 0.717) is 40.7 Å². The predicted octanol–water partition coefficient (Wildman–Crippen LogP) is 6.42. The van der Waals surface area contributed by atoms with Gasteiger partial charge in [0.1, 0.15) is 29.5 Å². The van der Waals surface area contributed by atoms with Gasteiger partial charge in [-0.3, -0.25) is 9.88 Å². The van der Waals surface area contributed by atoms with E-state index in [1.807, 2.05) is 12.1 Å². The molecule has 1 saturated carbocycles. The SMILES string of the molecule is CN(C)C1(CNc2nc(OCC34CCCN3CCC4)nc3c(F)c(-c4cccc5cccc(F)c45)ncc23)CCCC1. The number of pyridine rings is 1. The van der Waals surface area contributed by atoms with E-state index in [9.17, 15) is 4.39 Å². The number of fused-ring (bicyclic) bond motifs is 3. The molecule has 0 amide bonds. The van der Waals surface area contributed by atoms with E-state index in [1.165, 1.54) is 18.9 Å². The van der Waals surface area contributed by atoms with Crippen molar-refractivity contribution in [1.82, 2.24) is 24.8 Å². The molecule has 7 nitrogen and oxygen atoms in total. The number of rotatable bonds is 8. The molecule has 42 heavy (non-hydrogen) atoms. The van der Waals surface area contributed by atoms with Crippen LogP contribution in [0.1, 0.15) is 51.4 Å². The second-order valence-electron chi connectivity index (χ2n) is 12.6. The lowest BCUT2D eigenvalue weighted by Gasteiger charge is -2.36. The highest BCUT2D eigenvalue weighted by molar-refractivity contribution is 5.99. The third-order valence-corrected chi connectivity index (χ3v) is 10.1. The molecule has 0 spiro atoms. The van der Waals surface area contributed by atoms with Gasteiger partial charge in [0.2, 0.25) is 0 Å².